The first-order chi connectivity index (χ1) is 13.3. The molecule has 0 radical (unpaired) electrons. The number of nitrogens with zero attached hydrogens (tertiary/aromatic N) is 3. The molecule has 0 saturated carbocycles. The van der Waals surface area contributed by atoms with Gasteiger partial charge in [-0.15, -0.1) is 11.3 Å². The highest BCUT2D eigenvalue weighted by Crippen LogP contribution is 2.27. The van der Waals surface area contributed by atoms with Crippen LogP contribution in [-0.2, 0) is 4.79 Å². The van der Waals surface area contributed by atoms with Crippen LogP contribution in [-0.4, -0.2) is 40.4 Å². The number of fused-ring (bicyclic) bond motifs is 1. The molecule has 1 unspecified atom stereocenters. The summed E-state index contributed by atoms with van der Waals surface area (Å²) in [5.41, 5.74) is 2.36. The number of para-hydroxylation sites is 2. The number of likely N-dealkylation sites (tertiary alicyclic amines) is 1. The minimum Gasteiger partial charge on any atom is -0.351 e. The van der Waals surface area contributed by atoms with Crippen molar-refractivity contribution in [3.05, 3.63) is 64.6 Å². The average molecular weight is 379 g/mol. The molecule has 3 heterocycles. The average Bonchev–Trinajstić information content (AvgIpc) is 3.41. The maximum atomic E-state index is 12.3. The number of hydrogen-bond acceptors (Lipinski definition) is 5. The maximum absolute atomic E-state index is 12.3. The number of nitrogens with one attached hydrogen (secondary N) is 1. The third kappa shape index (κ3) is 4.40. The van der Waals surface area contributed by atoms with Gasteiger partial charge in [-0.2, -0.15) is 0 Å². The minimum absolute atomic E-state index is 0.106. The third-order valence-electron chi connectivity index (χ3n) is 4.80. The third-order valence-corrected chi connectivity index (χ3v) is 5.77. The monoisotopic (exact) mass is 378 g/mol. The highest BCUT2D eigenvalue weighted by atomic mass is 32.1. The second-order valence-electron chi connectivity index (χ2n) is 6.64. The summed E-state index contributed by atoms with van der Waals surface area (Å²) < 4.78 is 0. The second kappa shape index (κ2) is 8.41. The standard InChI is InChI=1S/C21H22N4OS/c26-21(10-9-16-14-22-17-6-1-2-7-18(17)24-16)23-15-19(20-8-5-13-27-20)25-11-3-4-12-25/h1-2,5-10,13-14,19H,3-4,11-12,15H2,(H,23,26)/b10-9+. The van der Waals surface area contributed by atoms with Crippen LogP contribution in [0.4, 0.5) is 0 Å². The summed E-state index contributed by atoms with van der Waals surface area (Å²) in [5, 5.41) is 5.14. The van der Waals surface area contributed by atoms with Gasteiger partial charge >= 0.3 is 0 Å². The summed E-state index contributed by atoms with van der Waals surface area (Å²) >= 11 is 1.75. The highest BCUT2D eigenvalue weighted by Gasteiger charge is 2.24. The number of thiophene rings is 1. The molecular weight excluding hydrogens is 356 g/mol. The van der Waals surface area contributed by atoms with Crippen molar-refractivity contribution < 1.29 is 4.79 Å². The molecule has 27 heavy (non-hydrogen) atoms. The van der Waals surface area contributed by atoms with E-state index in [-0.39, 0.29) is 11.9 Å². The minimum atomic E-state index is -0.106. The van der Waals surface area contributed by atoms with Crippen molar-refractivity contribution in [3.63, 3.8) is 0 Å². The van der Waals surface area contributed by atoms with E-state index in [0.29, 0.717) is 12.2 Å². The molecule has 1 aliphatic rings. The van der Waals surface area contributed by atoms with Crippen molar-refractivity contribution in [1.29, 1.82) is 0 Å². The molecular formula is C21H22N4OS. The Bertz CT molecular complexity index is 932. The molecule has 1 N–H and O–H groups in total. The lowest BCUT2D eigenvalue weighted by Crippen LogP contribution is -2.35. The Morgan fingerprint density at radius 1 is 1.19 bits per heavy atom. The summed E-state index contributed by atoms with van der Waals surface area (Å²) in [6.45, 7) is 2.81. The summed E-state index contributed by atoms with van der Waals surface area (Å²) in [7, 11) is 0. The fraction of sp³-hybridized carbons (Fsp3) is 0.286. The lowest BCUT2D eigenvalue weighted by Gasteiger charge is -2.26. The number of benzene rings is 1. The van der Waals surface area contributed by atoms with Crippen molar-refractivity contribution in [2.75, 3.05) is 19.6 Å². The molecule has 1 saturated heterocycles. The zero-order chi connectivity index (χ0) is 18.5. The molecule has 1 aromatic carbocycles. The largest absolute Gasteiger partial charge is 0.351 e. The van der Waals surface area contributed by atoms with E-state index < -0.39 is 0 Å². The molecule has 0 spiro atoms. The molecule has 2 aromatic heterocycles. The summed E-state index contributed by atoms with van der Waals surface area (Å²) in [5.74, 6) is -0.106. The molecule has 6 heteroatoms. The van der Waals surface area contributed by atoms with Gasteiger partial charge in [-0.3, -0.25) is 14.7 Å². The Morgan fingerprint density at radius 2 is 2.00 bits per heavy atom. The van der Waals surface area contributed by atoms with E-state index in [2.05, 4.69) is 37.7 Å². The predicted molar refractivity (Wildman–Crippen MR) is 109 cm³/mol. The Balaban J connectivity index is 1.39. The van der Waals surface area contributed by atoms with Gasteiger partial charge in [-0.25, -0.2) is 4.98 Å². The predicted octanol–water partition coefficient (Wildman–Crippen LogP) is 3.66. The Kier molecular flexibility index (Phi) is 5.55. The van der Waals surface area contributed by atoms with Crippen LogP contribution in [0.2, 0.25) is 0 Å². The van der Waals surface area contributed by atoms with Gasteiger partial charge in [0, 0.05) is 17.5 Å². The smallest absolute Gasteiger partial charge is 0.244 e. The van der Waals surface area contributed by atoms with Gasteiger partial charge in [-0.1, -0.05) is 18.2 Å². The molecule has 0 bridgehead atoms. The van der Waals surface area contributed by atoms with Crippen molar-refractivity contribution in [2.45, 2.75) is 18.9 Å². The number of hydrogen-bond donors (Lipinski definition) is 1. The van der Waals surface area contributed by atoms with Crippen LogP contribution < -0.4 is 5.32 Å². The van der Waals surface area contributed by atoms with Gasteiger partial charge in [0.15, 0.2) is 0 Å². The molecule has 4 rings (SSSR count). The lowest BCUT2D eigenvalue weighted by atomic mass is 10.2. The molecule has 0 aliphatic carbocycles. The van der Waals surface area contributed by atoms with Gasteiger partial charge in [0.1, 0.15) is 0 Å². The molecule has 1 aliphatic heterocycles. The fourth-order valence-corrected chi connectivity index (χ4v) is 4.27. The molecule has 1 atom stereocenters. The summed E-state index contributed by atoms with van der Waals surface area (Å²) in [4.78, 5) is 25.0. The zero-order valence-corrected chi connectivity index (χ0v) is 15.9. The maximum Gasteiger partial charge on any atom is 0.244 e. The van der Waals surface area contributed by atoms with E-state index in [0.717, 1.165) is 24.1 Å². The Labute approximate surface area is 162 Å². The second-order valence-corrected chi connectivity index (χ2v) is 7.62. The van der Waals surface area contributed by atoms with Crippen LogP contribution in [0.15, 0.2) is 54.1 Å². The van der Waals surface area contributed by atoms with E-state index in [1.807, 2.05) is 24.3 Å². The fourth-order valence-electron chi connectivity index (χ4n) is 3.41. The highest BCUT2D eigenvalue weighted by molar-refractivity contribution is 7.10. The van der Waals surface area contributed by atoms with Crippen LogP contribution in [0, 0.1) is 0 Å². The van der Waals surface area contributed by atoms with E-state index in [4.69, 9.17) is 0 Å². The van der Waals surface area contributed by atoms with Gasteiger partial charge in [0.25, 0.3) is 0 Å². The molecule has 1 fully saturated rings. The SMILES string of the molecule is O=C(/C=C/c1cnc2ccccc2n1)NCC(c1cccs1)N1CCCC1. The topological polar surface area (TPSA) is 58.1 Å². The van der Waals surface area contributed by atoms with Crippen LogP contribution in [0.25, 0.3) is 17.1 Å². The first kappa shape index (κ1) is 17.8. The van der Waals surface area contributed by atoms with Gasteiger partial charge < -0.3 is 5.32 Å². The van der Waals surface area contributed by atoms with Gasteiger partial charge in [0.2, 0.25) is 5.91 Å². The first-order valence-corrected chi connectivity index (χ1v) is 10.1. The zero-order valence-electron chi connectivity index (χ0n) is 15.0. The van der Waals surface area contributed by atoms with Crippen molar-refractivity contribution in [1.82, 2.24) is 20.2 Å². The van der Waals surface area contributed by atoms with Crippen LogP contribution >= 0.6 is 11.3 Å². The van der Waals surface area contributed by atoms with Crippen LogP contribution in [0.3, 0.4) is 0 Å². The molecule has 138 valence electrons. The quantitative estimate of drug-likeness (QED) is 0.665. The summed E-state index contributed by atoms with van der Waals surface area (Å²) in [6.07, 6.45) is 7.40. The van der Waals surface area contributed by atoms with Crippen molar-refractivity contribution in [2.24, 2.45) is 0 Å². The number of carbonyl (C=O) groups is 1. The van der Waals surface area contributed by atoms with Crippen LogP contribution in [0.1, 0.15) is 29.5 Å². The van der Waals surface area contributed by atoms with Gasteiger partial charge in [-0.05, 0) is 55.6 Å². The molecule has 1 amide bonds. The summed E-state index contributed by atoms with van der Waals surface area (Å²) in [6, 6.07) is 12.2. The van der Waals surface area contributed by atoms with Crippen molar-refractivity contribution >= 4 is 34.4 Å². The number of carbonyl (C=O) groups excluding carboxylic acids is 1. The van der Waals surface area contributed by atoms with Crippen LogP contribution in [0.5, 0.6) is 0 Å². The van der Waals surface area contributed by atoms with E-state index in [1.165, 1.54) is 23.8 Å². The van der Waals surface area contributed by atoms with Gasteiger partial charge in [0.05, 0.1) is 29.0 Å². The number of rotatable bonds is 6. The first-order valence-electron chi connectivity index (χ1n) is 9.25. The lowest BCUT2D eigenvalue weighted by molar-refractivity contribution is -0.116. The molecule has 3 aromatic rings. The van der Waals surface area contributed by atoms with E-state index in [1.54, 1.807) is 23.6 Å². The number of aromatic nitrogens is 2. The normalized spacial score (nSPS) is 16.1. The number of amides is 1. The van der Waals surface area contributed by atoms with E-state index in [9.17, 15) is 4.79 Å². The Morgan fingerprint density at radius 3 is 2.78 bits per heavy atom. The van der Waals surface area contributed by atoms with Crippen molar-refractivity contribution in [3.8, 4) is 0 Å². The molecule has 5 nitrogen and oxygen atoms in total. The Hall–Kier alpha value is -2.57. The van der Waals surface area contributed by atoms with E-state index >= 15 is 0 Å².